The summed E-state index contributed by atoms with van der Waals surface area (Å²) in [5.41, 5.74) is 1.83. The molecule has 2 aliphatic heterocycles. The van der Waals surface area contributed by atoms with Gasteiger partial charge in [-0.15, -0.1) is 0 Å². The van der Waals surface area contributed by atoms with E-state index in [1.165, 1.54) is 10.5 Å². The average Bonchev–Trinajstić information content (AvgIpc) is 3.38. The fourth-order valence-electron chi connectivity index (χ4n) is 6.79. The molecular formula is C32H46N2O6. The maximum Gasteiger partial charge on any atom is 0.338 e. The van der Waals surface area contributed by atoms with Gasteiger partial charge in [-0.05, 0) is 86.5 Å². The van der Waals surface area contributed by atoms with Gasteiger partial charge in [0.2, 0.25) is 0 Å². The van der Waals surface area contributed by atoms with Crippen molar-refractivity contribution < 1.29 is 29.0 Å². The summed E-state index contributed by atoms with van der Waals surface area (Å²) in [6, 6.07) is 6.65. The van der Waals surface area contributed by atoms with Gasteiger partial charge >= 0.3 is 23.8 Å². The zero-order valence-corrected chi connectivity index (χ0v) is 25.4. The molecule has 2 fully saturated rings. The predicted octanol–water partition coefficient (Wildman–Crippen LogP) is 5.41. The first-order valence-electron chi connectivity index (χ1n) is 14.5. The number of rotatable bonds is 3. The van der Waals surface area contributed by atoms with Gasteiger partial charge in [-0.2, -0.15) is 0 Å². The molecule has 8 nitrogen and oxygen atoms in total. The molecule has 1 aromatic carbocycles. The quantitative estimate of drug-likeness (QED) is 0.396. The van der Waals surface area contributed by atoms with Crippen LogP contribution in [0, 0.1) is 16.7 Å². The first-order chi connectivity index (χ1) is 18.6. The van der Waals surface area contributed by atoms with Crippen molar-refractivity contribution in [2.45, 2.75) is 92.7 Å². The second-order valence-electron chi connectivity index (χ2n) is 12.8. The maximum absolute atomic E-state index is 13.2. The van der Waals surface area contributed by atoms with Gasteiger partial charge in [0.25, 0.3) is 0 Å². The van der Waals surface area contributed by atoms with E-state index in [1.807, 2.05) is 58.9 Å². The molecule has 2 saturated heterocycles. The van der Waals surface area contributed by atoms with E-state index in [1.54, 1.807) is 4.90 Å². The lowest BCUT2D eigenvalue weighted by Crippen LogP contribution is -2.58. The SMILES string of the molecule is CC.CC(C)(C)OC(=O)c1ccc(C2=CCC3(C)CN(C(=O)C(=O)N4CCCC4C(=O)O)CCC3C2(C)C)cc1. The third-order valence-electron chi connectivity index (χ3n) is 8.52. The number of carbonyl (C=O) groups is 4. The fourth-order valence-corrected chi connectivity index (χ4v) is 6.79. The van der Waals surface area contributed by atoms with Crippen molar-refractivity contribution in [3.05, 3.63) is 41.5 Å². The highest BCUT2D eigenvalue weighted by Crippen LogP contribution is 2.57. The van der Waals surface area contributed by atoms with Crippen LogP contribution < -0.4 is 0 Å². The molecule has 0 aromatic heterocycles. The van der Waals surface area contributed by atoms with Crippen molar-refractivity contribution in [3.63, 3.8) is 0 Å². The molecule has 4 rings (SSSR count). The number of aliphatic carboxylic acids is 1. The van der Waals surface area contributed by atoms with E-state index in [4.69, 9.17) is 4.74 Å². The number of fused-ring (bicyclic) bond motifs is 1. The molecule has 0 saturated carbocycles. The zero-order valence-electron chi connectivity index (χ0n) is 25.4. The van der Waals surface area contributed by atoms with Crippen LogP contribution in [0.1, 0.15) is 97.0 Å². The van der Waals surface area contributed by atoms with Gasteiger partial charge in [0.1, 0.15) is 11.6 Å². The Labute approximate surface area is 238 Å². The number of likely N-dealkylation sites (tertiary alicyclic amines) is 2. The number of carbonyl (C=O) groups excluding carboxylic acids is 3. The van der Waals surface area contributed by atoms with E-state index >= 15 is 0 Å². The normalized spacial score (nSPS) is 25.6. The van der Waals surface area contributed by atoms with E-state index in [2.05, 4.69) is 26.8 Å². The Morgan fingerprint density at radius 3 is 2.15 bits per heavy atom. The van der Waals surface area contributed by atoms with E-state index in [0.29, 0.717) is 38.0 Å². The molecule has 0 bridgehead atoms. The van der Waals surface area contributed by atoms with Gasteiger partial charge < -0.3 is 19.6 Å². The van der Waals surface area contributed by atoms with Crippen LogP contribution in [0.2, 0.25) is 0 Å². The van der Waals surface area contributed by atoms with Gasteiger partial charge in [0.15, 0.2) is 0 Å². The van der Waals surface area contributed by atoms with Crippen molar-refractivity contribution in [1.29, 1.82) is 0 Å². The smallest absolute Gasteiger partial charge is 0.338 e. The molecule has 3 aliphatic rings. The summed E-state index contributed by atoms with van der Waals surface area (Å²) in [6.07, 6.45) is 4.71. The lowest BCUT2D eigenvalue weighted by Gasteiger charge is -2.55. The third-order valence-corrected chi connectivity index (χ3v) is 8.52. The van der Waals surface area contributed by atoms with Crippen LogP contribution in [0.3, 0.4) is 0 Å². The summed E-state index contributed by atoms with van der Waals surface area (Å²) in [5, 5.41) is 9.44. The standard InChI is InChI=1S/C30H40N2O6.C2H6/c1-28(2,3)38-27(37)20-11-9-19(10-12-20)21-13-15-30(6)18-31(17-14-23(30)29(21,4)5)24(33)25(34)32-16-7-8-22(32)26(35)36;1-2/h9-13,22-23H,7-8,14-18H2,1-6H3,(H,35,36);1-2H3. The number of hydrogen-bond donors (Lipinski definition) is 1. The van der Waals surface area contributed by atoms with Gasteiger partial charge in [-0.3, -0.25) is 9.59 Å². The number of piperidine rings is 1. The second-order valence-corrected chi connectivity index (χ2v) is 12.8. The molecule has 2 amide bonds. The van der Waals surface area contributed by atoms with Gasteiger partial charge in [-0.1, -0.05) is 52.8 Å². The van der Waals surface area contributed by atoms with E-state index in [0.717, 1.165) is 18.4 Å². The highest BCUT2D eigenvalue weighted by Gasteiger charge is 2.52. The van der Waals surface area contributed by atoms with Crippen LogP contribution in [-0.4, -0.2) is 69.9 Å². The lowest BCUT2D eigenvalue weighted by molar-refractivity contribution is -0.159. The molecule has 40 heavy (non-hydrogen) atoms. The van der Waals surface area contributed by atoms with Crippen molar-refractivity contribution >= 4 is 29.3 Å². The van der Waals surface area contributed by atoms with Crippen LogP contribution in [0.25, 0.3) is 5.57 Å². The Hall–Kier alpha value is -3.16. The average molecular weight is 555 g/mol. The van der Waals surface area contributed by atoms with Crippen molar-refractivity contribution in [3.8, 4) is 0 Å². The van der Waals surface area contributed by atoms with Crippen LogP contribution in [0.4, 0.5) is 0 Å². The number of benzene rings is 1. The van der Waals surface area contributed by atoms with E-state index < -0.39 is 29.4 Å². The minimum Gasteiger partial charge on any atom is -0.480 e. The molecule has 3 unspecified atom stereocenters. The zero-order chi connectivity index (χ0) is 30.0. The Balaban J connectivity index is 0.00000216. The summed E-state index contributed by atoms with van der Waals surface area (Å²) in [7, 11) is 0. The van der Waals surface area contributed by atoms with Gasteiger partial charge in [0.05, 0.1) is 5.56 Å². The number of amides is 2. The molecule has 0 radical (unpaired) electrons. The van der Waals surface area contributed by atoms with E-state index in [9.17, 15) is 24.3 Å². The van der Waals surface area contributed by atoms with E-state index in [-0.39, 0.29) is 22.7 Å². The molecule has 3 atom stereocenters. The topological polar surface area (TPSA) is 104 Å². The molecule has 1 N–H and O–H groups in total. The first-order valence-corrected chi connectivity index (χ1v) is 14.5. The van der Waals surface area contributed by atoms with Crippen LogP contribution in [0.5, 0.6) is 0 Å². The number of carboxylic acids is 1. The predicted molar refractivity (Wildman–Crippen MR) is 154 cm³/mol. The number of allylic oxidation sites excluding steroid dienone is 2. The van der Waals surface area contributed by atoms with Crippen molar-refractivity contribution in [2.75, 3.05) is 19.6 Å². The lowest BCUT2D eigenvalue weighted by atomic mass is 9.53. The summed E-state index contributed by atoms with van der Waals surface area (Å²) in [5.74, 6) is -2.42. The molecule has 0 spiro atoms. The summed E-state index contributed by atoms with van der Waals surface area (Å²) in [6.45, 7) is 17.4. The minimum atomic E-state index is -1.06. The number of carboxylic acid groups (broad SMARTS) is 1. The largest absolute Gasteiger partial charge is 0.480 e. The van der Waals surface area contributed by atoms with Crippen LogP contribution in [-0.2, 0) is 19.1 Å². The van der Waals surface area contributed by atoms with Gasteiger partial charge in [-0.25, -0.2) is 9.59 Å². The third kappa shape index (κ3) is 6.26. The first kappa shape index (κ1) is 31.4. The summed E-state index contributed by atoms with van der Waals surface area (Å²) in [4.78, 5) is 53.0. The monoisotopic (exact) mass is 554 g/mol. The molecule has 2 heterocycles. The Kier molecular flexibility index (Phi) is 9.22. The van der Waals surface area contributed by atoms with Crippen molar-refractivity contribution in [1.82, 2.24) is 9.80 Å². The summed E-state index contributed by atoms with van der Waals surface area (Å²) >= 11 is 0. The molecular weight excluding hydrogens is 508 g/mol. The highest BCUT2D eigenvalue weighted by atomic mass is 16.6. The minimum absolute atomic E-state index is 0.192. The molecule has 1 aromatic rings. The molecule has 220 valence electrons. The van der Waals surface area contributed by atoms with Crippen LogP contribution in [0.15, 0.2) is 30.3 Å². The maximum atomic E-state index is 13.2. The number of hydrogen-bond acceptors (Lipinski definition) is 5. The highest BCUT2D eigenvalue weighted by molar-refractivity contribution is 6.35. The number of esters is 1. The Bertz CT molecular complexity index is 1160. The van der Waals surface area contributed by atoms with Crippen LogP contribution >= 0.6 is 0 Å². The van der Waals surface area contributed by atoms with Crippen molar-refractivity contribution in [2.24, 2.45) is 16.7 Å². The Morgan fingerprint density at radius 1 is 0.950 bits per heavy atom. The molecule has 8 heteroatoms. The number of nitrogens with zero attached hydrogens (tertiary/aromatic N) is 2. The van der Waals surface area contributed by atoms with Gasteiger partial charge in [0, 0.05) is 19.6 Å². The fraction of sp³-hybridized carbons (Fsp3) is 0.625. The second kappa shape index (κ2) is 11.8. The number of ether oxygens (including phenoxy) is 1. The molecule has 1 aliphatic carbocycles. The Morgan fingerprint density at radius 2 is 1.57 bits per heavy atom. The summed E-state index contributed by atoms with van der Waals surface area (Å²) < 4.78 is 5.49.